The molecule has 0 amide bonds. The average molecular weight is 605 g/mol. The molecule has 42 heavy (non-hydrogen) atoms. The summed E-state index contributed by atoms with van der Waals surface area (Å²) in [4.78, 5) is 12.8. The lowest BCUT2D eigenvalue weighted by Gasteiger charge is -2.30. The molecule has 0 saturated carbocycles. The molecule has 2 aromatic carbocycles. The van der Waals surface area contributed by atoms with Crippen molar-refractivity contribution in [2.75, 3.05) is 40.1 Å². The molecule has 0 aliphatic carbocycles. The number of hydrogen-bond donors (Lipinski definition) is 2. The number of aliphatic hydroxyl groups is 2. The molecule has 0 bridgehead atoms. The summed E-state index contributed by atoms with van der Waals surface area (Å²) in [6.45, 7) is 6.50. The molecule has 0 spiro atoms. The van der Waals surface area contributed by atoms with E-state index in [2.05, 4.69) is 10.3 Å². The maximum Gasteiger partial charge on any atom is 0.388 e. The minimum atomic E-state index is -4.25. The number of carbonyl (C=O) groups excluding carboxylic acids is 1. The number of hydrogen-bond acceptors (Lipinski definition) is 11. The molecule has 228 valence electrons. The molecule has 1 aromatic heterocycles. The zero-order chi connectivity index (χ0) is 30.4. The SMILES string of the molecule is CCOC(=O)CC(c1ccc(OC)c([C@@H](C)N2CC=C(O)OS2(=O)=O)c1)c1ccc2c(nnn2CCOCCO)c1C. The Hall–Kier alpha value is -3.72. The number of aliphatic hydroxyl groups excluding tert-OH is 2. The highest BCUT2D eigenvalue weighted by Gasteiger charge is 2.35. The first-order valence-electron chi connectivity index (χ1n) is 13.6. The number of benzene rings is 2. The minimum Gasteiger partial charge on any atom is -0.496 e. The molecule has 0 saturated heterocycles. The van der Waals surface area contributed by atoms with Crippen LogP contribution >= 0.6 is 0 Å². The fourth-order valence-corrected chi connectivity index (χ4v) is 6.23. The van der Waals surface area contributed by atoms with Gasteiger partial charge >= 0.3 is 16.3 Å². The van der Waals surface area contributed by atoms with E-state index in [1.807, 2.05) is 31.2 Å². The topological polar surface area (TPSA) is 163 Å². The van der Waals surface area contributed by atoms with Crippen molar-refractivity contribution in [3.63, 3.8) is 0 Å². The molecular weight excluding hydrogens is 568 g/mol. The van der Waals surface area contributed by atoms with Crippen molar-refractivity contribution in [2.45, 2.75) is 45.7 Å². The molecule has 2 N–H and O–H groups in total. The lowest BCUT2D eigenvalue weighted by Crippen LogP contribution is -2.38. The van der Waals surface area contributed by atoms with Gasteiger partial charge in [-0.25, -0.2) is 4.68 Å². The van der Waals surface area contributed by atoms with Crippen LogP contribution in [0.5, 0.6) is 5.75 Å². The number of carbonyl (C=O) groups is 1. The summed E-state index contributed by atoms with van der Waals surface area (Å²) in [6, 6.07) is 8.49. The standard InChI is InChI=1S/C28H36N4O9S/c1-5-40-27(35)17-23(21-7-8-24-28(18(21)2)29-30-31(24)12-14-39-15-13-33)20-6-9-25(38-4)22(16-20)19(3)32-11-10-26(34)41-42(32,36)37/h6-10,16,19,23,33-34H,5,11-15,17H2,1-4H3/t19-,23?/m1/s1. The summed E-state index contributed by atoms with van der Waals surface area (Å²) < 4.78 is 49.2. The summed E-state index contributed by atoms with van der Waals surface area (Å²) in [5.74, 6) is -1.06. The number of aryl methyl sites for hydroxylation is 1. The largest absolute Gasteiger partial charge is 0.496 e. The highest BCUT2D eigenvalue weighted by atomic mass is 32.2. The van der Waals surface area contributed by atoms with Gasteiger partial charge in [-0.05, 0) is 55.7 Å². The van der Waals surface area contributed by atoms with Gasteiger partial charge in [-0.1, -0.05) is 17.3 Å². The fourth-order valence-electron chi connectivity index (χ4n) is 5.09. The Kier molecular flexibility index (Phi) is 10.0. The zero-order valence-electron chi connectivity index (χ0n) is 24.0. The number of rotatable bonds is 13. The highest BCUT2D eigenvalue weighted by molar-refractivity contribution is 7.84. The van der Waals surface area contributed by atoms with Gasteiger partial charge in [0.25, 0.3) is 5.95 Å². The fraction of sp³-hybridized carbons (Fsp3) is 0.464. The van der Waals surface area contributed by atoms with Gasteiger partial charge in [0.1, 0.15) is 11.3 Å². The van der Waals surface area contributed by atoms with Crippen LogP contribution in [0.1, 0.15) is 54.5 Å². The van der Waals surface area contributed by atoms with Crippen molar-refractivity contribution in [1.82, 2.24) is 19.3 Å². The third kappa shape index (κ3) is 6.67. The van der Waals surface area contributed by atoms with Crippen LogP contribution in [0.2, 0.25) is 0 Å². The number of fused-ring (bicyclic) bond motifs is 1. The van der Waals surface area contributed by atoms with Crippen LogP contribution in [0.15, 0.2) is 42.4 Å². The smallest absolute Gasteiger partial charge is 0.388 e. The predicted octanol–water partition coefficient (Wildman–Crippen LogP) is 2.88. The Morgan fingerprint density at radius 3 is 2.67 bits per heavy atom. The first kappa shape index (κ1) is 31.2. The molecule has 14 heteroatoms. The molecule has 4 rings (SSSR count). The second kappa shape index (κ2) is 13.5. The number of ether oxygens (including phenoxy) is 3. The van der Waals surface area contributed by atoms with Crippen molar-refractivity contribution < 1.29 is 41.8 Å². The second-order valence-corrected chi connectivity index (χ2v) is 11.2. The first-order valence-corrected chi connectivity index (χ1v) is 14.9. The average Bonchev–Trinajstić information content (AvgIpc) is 3.37. The molecule has 3 aromatic rings. The number of methoxy groups -OCH3 is 1. The lowest BCUT2D eigenvalue weighted by molar-refractivity contribution is -0.143. The van der Waals surface area contributed by atoms with Gasteiger partial charge in [0, 0.05) is 24.1 Å². The van der Waals surface area contributed by atoms with Crippen molar-refractivity contribution in [1.29, 1.82) is 0 Å². The van der Waals surface area contributed by atoms with Crippen LogP contribution in [0.25, 0.3) is 11.0 Å². The van der Waals surface area contributed by atoms with E-state index < -0.39 is 28.2 Å². The monoisotopic (exact) mass is 604 g/mol. The van der Waals surface area contributed by atoms with E-state index in [-0.39, 0.29) is 38.8 Å². The summed E-state index contributed by atoms with van der Waals surface area (Å²) in [5.41, 5.74) is 4.44. The van der Waals surface area contributed by atoms with Crippen LogP contribution in [-0.2, 0) is 35.3 Å². The van der Waals surface area contributed by atoms with Crippen molar-refractivity contribution in [3.8, 4) is 5.75 Å². The molecular formula is C28H36N4O9S. The zero-order valence-corrected chi connectivity index (χ0v) is 24.8. The number of nitrogens with zero attached hydrogens (tertiary/aromatic N) is 4. The third-order valence-electron chi connectivity index (χ3n) is 7.18. The van der Waals surface area contributed by atoms with E-state index in [0.717, 1.165) is 26.5 Å². The van der Waals surface area contributed by atoms with E-state index in [9.17, 15) is 18.3 Å². The van der Waals surface area contributed by atoms with Crippen molar-refractivity contribution in [2.24, 2.45) is 0 Å². The van der Waals surface area contributed by atoms with Gasteiger partial charge in [0.15, 0.2) is 0 Å². The van der Waals surface area contributed by atoms with Gasteiger partial charge in [-0.2, -0.15) is 12.7 Å². The Labute approximate surface area is 244 Å². The quantitative estimate of drug-likeness (QED) is 0.218. The normalized spacial score (nSPS) is 16.5. The van der Waals surface area contributed by atoms with Gasteiger partial charge in [-0.15, -0.1) is 5.10 Å². The highest BCUT2D eigenvalue weighted by Crippen LogP contribution is 2.39. The van der Waals surface area contributed by atoms with Crippen LogP contribution in [-0.4, -0.2) is 84.0 Å². The molecule has 13 nitrogen and oxygen atoms in total. The molecule has 1 aliphatic heterocycles. The Morgan fingerprint density at radius 2 is 1.98 bits per heavy atom. The van der Waals surface area contributed by atoms with Crippen molar-refractivity contribution >= 4 is 27.3 Å². The van der Waals surface area contributed by atoms with Gasteiger partial charge in [0.05, 0.1) is 58.1 Å². The second-order valence-electron chi connectivity index (χ2n) is 9.69. The van der Waals surface area contributed by atoms with Gasteiger partial charge < -0.3 is 28.6 Å². The summed E-state index contributed by atoms with van der Waals surface area (Å²) in [5, 5.41) is 27.2. The van der Waals surface area contributed by atoms with Crippen LogP contribution in [0.3, 0.4) is 0 Å². The molecule has 1 unspecified atom stereocenters. The summed E-state index contributed by atoms with van der Waals surface area (Å²) in [7, 11) is -2.76. The first-order chi connectivity index (χ1) is 20.1. The van der Waals surface area contributed by atoms with Crippen molar-refractivity contribution in [3.05, 3.63) is 64.6 Å². The van der Waals surface area contributed by atoms with E-state index in [0.29, 0.717) is 30.0 Å². The number of esters is 1. The van der Waals surface area contributed by atoms with Gasteiger partial charge in [0.2, 0.25) is 0 Å². The molecule has 0 radical (unpaired) electrons. The van der Waals surface area contributed by atoms with E-state index in [1.54, 1.807) is 24.6 Å². The Morgan fingerprint density at radius 1 is 1.19 bits per heavy atom. The van der Waals surface area contributed by atoms with E-state index >= 15 is 0 Å². The van der Waals surface area contributed by atoms with Gasteiger partial charge in [-0.3, -0.25) is 4.79 Å². The summed E-state index contributed by atoms with van der Waals surface area (Å²) >= 11 is 0. The molecule has 2 atom stereocenters. The lowest BCUT2D eigenvalue weighted by atomic mass is 9.84. The Balaban J connectivity index is 1.76. The van der Waals surface area contributed by atoms with E-state index in [1.165, 1.54) is 13.2 Å². The molecule has 2 heterocycles. The maximum atomic E-state index is 12.8. The minimum absolute atomic E-state index is 0.0329. The third-order valence-corrected chi connectivity index (χ3v) is 8.60. The Bertz CT molecular complexity index is 1550. The molecule has 1 aliphatic rings. The number of aromatic nitrogens is 3. The predicted molar refractivity (Wildman–Crippen MR) is 152 cm³/mol. The van der Waals surface area contributed by atoms with Crippen LogP contribution in [0.4, 0.5) is 0 Å². The van der Waals surface area contributed by atoms with Crippen LogP contribution in [0, 0.1) is 6.92 Å². The maximum absolute atomic E-state index is 12.8. The summed E-state index contributed by atoms with van der Waals surface area (Å²) in [6.07, 6.45) is 1.30. The van der Waals surface area contributed by atoms with E-state index in [4.69, 9.17) is 23.5 Å². The molecule has 0 fully saturated rings. The van der Waals surface area contributed by atoms with Crippen LogP contribution < -0.4 is 4.74 Å².